The Balaban J connectivity index is 1.51. The smallest absolute Gasteiger partial charge is 0.322 e. The lowest BCUT2D eigenvalue weighted by molar-refractivity contribution is -0.137. The molecule has 0 unspecified atom stereocenters. The van der Waals surface area contributed by atoms with Crippen LogP contribution in [0.4, 0.5) is 24.5 Å². The number of rotatable bonds is 4. The van der Waals surface area contributed by atoms with Crippen molar-refractivity contribution in [3.05, 3.63) is 102 Å². The van der Waals surface area contributed by atoms with Crippen LogP contribution in [0.5, 0.6) is 0 Å². The fraction of sp³-hybridized carbons (Fsp3) is 0.143. The van der Waals surface area contributed by atoms with E-state index in [1.165, 1.54) is 24.3 Å². The molecule has 0 fully saturated rings. The Morgan fingerprint density at radius 1 is 1.03 bits per heavy atom. The van der Waals surface area contributed by atoms with Gasteiger partial charge in [-0.1, -0.05) is 35.9 Å². The van der Waals surface area contributed by atoms with Gasteiger partial charge in [-0.15, -0.1) is 0 Å². The van der Waals surface area contributed by atoms with Crippen LogP contribution in [0.25, 0.3) is 16.5 Å². The molecule has 1 amide bonds. The molecule has 1 N–H and O–H groups in total. The molecule has 0 spiro atoms. The molecule has 0 saturated heterocycles. The van der Waals surface area contributed by atoms with Gasteiger partial charge in [0, 0.05) is 35.5 Å². The largest absolute Gasteiger partial charge is 0.416 e. The summed E-state index contributed by atoms with van der Waals surface area (Å²) in [5.74, 6) is -0.490. The first kappa shape index (κ1) is 25.5. The molecule has 3 aromatic carbocycles. The molecule has 1 aliphatic heterocycles. The van der Waals surface area contributed by atoms with Gasteiger partial charge < -0.3 is 5.32 Å². The monoisotopic (exact) mass is 537 g/mol. The summed E-state index contributed by atoms with van der Waals surface area (Å²) in [6, 6.07) is 18.0. The molecule has 6 nitrogen and oxygen atoms in total. The Morgan fingerprint density at radius 3 is 2.53 bits per heavy atom. The van der Waals surface area contributed by atoms with Crippen molar-refractivity contribution in [2.75, 3.05) is 16.2 Å². The van der Waals surface area contributed by atoms with Crippen molar-refractivity contribution >= 4 is 43.8 Å². The summed E-state index contributed by atoms with van der Waals surface area (Å²) < 4.78 is 68.5. The first-order valence-electron chi connectivity index (χ1n) is 11.7. The van der Waals surface area contributed by atoms with Crippen LogP contribution < -0.4 is 9.62 Å². The molecule has 0 atom stereocenters. The van der Waals surface area contributed by atoms with Crippen LogP contribution in [0, 0.1) is 6.92 Å². The van der Waals surface area contributed by atoms with Gasteiger partial charge in [0.05, 0.1) is 21.7 Å². The quantitative estimate of drug-likeness (QED) is 0.315. The summed E-state index contributed by atoms with van der Waals surface area (Å²) in [4.78, 5) is 17.1. The van der Waals surface area contributed by atoms with Crippen LogP contribution >= 0.6 is 0 Å². The minimum Gasteiger partial charge on any atom is -0.322 e. The van der Waals surface area contributed by atoms with E-state index in [2.05, 4.69) is 10.3 Å². The number of pyridine rings is 1. The minimum atomic E-state index is -4.67. The summed E-state index contributed by atoms with van der Waals surface area (Å²) in [6.07, 6.45) is -1.60. The molecule has 5 rings (SSSR count). The van der Waals surface area contributed by atoms with Crippen LogP contribution in [0.1, 0.15) is 23.1 Å². The topological polar surface area (TPSA) is 79.4 Å². The Bertz CT molecular complexity index is 1680. The van der Waals surface area contributed by atoms with Crippen LogP contribution in [0.15, 0.2) is 90.0 Å². The first-order chi connectivity index (χ1) is 18.0. The standard InChI is InChI=1S/C28H22F3N3O3S/c1-18-4-9-23(10-5-18)38(36,37)34-14-12-20(24-11-7-21(16-26(24)34)28(29,30)31)15-27(35)33-22-8-6-19-3-2-13-32-25(19)17-22/h2-11,13,15-17H,12,14H2,1H3,(H,33,35). The maximum atomic E-state index is 13.6. The van der Waals surface area contributed by atoms with E-state index >= 15 is 0 Å². The highest BCUT2D eigenvalue weighted by molar-refractivity contribution is 7.92. The highest BCUT2D eigenvalue weighted by atomic mass is 32.2. The van der Waals surface area contributed by atoms with Crippen molar-refractivity contribution in [1.82, 2.24) is 4.98 Å². The third-order valence-electron chi connectivity index (χ3n) is 6.31. The van der Waals surface area contributed by atoms with E-state index in [9.17, 15) is 26.4 Å². The molecule has 4 aromatic rings. The molecule has 0 aliphatic carbocycles. The second-order valence-electron chi connectivity index (χ2n) is 8.94. The van der Waals surface area contributed by atoms with Gasteiger partial charge in [0.2, 0.25) is 5.91 Å². The third-order valence-corrected chi connectivity index (χ3v) is 8.14. The first-order valence-corrected chi connectivity index (χ1v) is 13.1. The predicted octanol–water partition coefficient (Wildman–Crippen LogP) is 6.18. The number of halogens is 3. The van der Waals surface area contributed by atoms with Gasteiger partial charge in [0.1, 0.15) is 0 Å². The van der Waals surface area contributed by atoms with Gasteiger partial charge >= 0.3 is 6.18 Å². The number of sulfonamides is 1. The van der Waals surface area contributed by atoms with Crippen molar-refractivity contribution in [3.8, 4) is 0 Å². The number of alkyl halides is 3. The molecule has 38 heavy (non-hydrogen) atoms. The van der Waals surface area contributed by atoms with Crippen molar-refractivity contribution in [2.45, 2.75) is 24.4 Å². The minimum absolute atomic E-state index is 0.0263. The number of carbonyl (C=O) groups is 1. The highest BCUT2D eigenvalue weighted by Crippen LogP contribution is 2.41. The maximum absolute atomic E-state index is 13.6. The molecule has 0 saturated carbocycles. The number of benzene rings is 3. The lowest BCUT2D eigenvalue weighted by Crippen LogP contribution is -2.35. The second-order valence-corrected chi connectivity index (χ2v) is 10.8. The van der Waals surface area contributed by atoms with E-state index < -0.39 is 27.7 Å². The van der Waals surface area contributed by atoms with Gasteiger partial charge in [-0.05, 0) is 61.4 Å². The van der Waals surface area contributed by atoms with Gasteiger partial charge in [-0.2, -0.15) is 13.2 Å². The van der Waals surface area contributed by atoms with Gasteiger partial charge in [-0.3, -0.25) is 14.1 Å². The van der Waals surface area contributed by atoms with Crippen LogP contribution in [0.2, 0.25) is 0 Å². The number of hydrogen-bond acceptors (Lipinski definition) is 4. The fourth-order valence-corrected chi connectivity index (χ4v) is 5.86. The van der Waals surface area contributed by atoms with Crippen molar-refractivity contribution in [1.29, 1.82) is 0 Å². The molecule has 10 heteroatoms. The number of carbonyl (C=O) groups excluding carboxylic acids is 1. The number of amides is 1. The lowest BCUT2D eigenvalue weighted by atomic mass is 9.95. The molecule has 2 heterocycles. The summed E-state index contributed by atoms with van der Waals surface area (Å²) >= 11 is 0. The summed E-state index contributed by atoms with van der Waals surface area (Å²) in [7, 11) is -4.14. The number of aryl methyl sites for hydroxylation is 1. The van der Waals surface area contributed by atoms with E-state index in [0.29, 0.717) is 16.8 Å². The van der Waals surface area contributed by atoms with Crippen molar-refractivity contribution < 1.29 is 26.4 Å². The Morgan fingerprint density at radius 2 is 1.79 bits per heavy atom. The number of aromatic nitrogens is 1. The average molecular weight is 538 g/mol. The van der Waals surface area contributed by atoms with Gasteiger partial charge in [-0.25, -0.2) is 8.42 Å². The normalized spacial score (nSPS) is 14.9. The maximum Gasteiger partial charge on any atom is 0.416 e. The van der Waals surface area contributed by atoms with E-state index in [1.54, 1.807) is 43.5 Å². The van der Waals surface area contributed by atoms with Crippen LogP contribution in [0.3, 0.4) is 0 Å². The molecule has 0 bridgehead atoms. The van der Waals surface area contributed by atoms with E-state index in [4.69, 9.17) is 0 Å². The van der Waals surface area contributed by atoms with E-state index in [0.717, 1.165) is 27.4 Å². The molecule has 1 aliphatic rings. The SMILES string of the molecule is Cc1ccc(S(=O)(=O)N2CCC(=CC(=O)Nc3ccc4cccnc4c3)c3ccc(C(F)(F)F)cc32)cc1. The predicted molar refractivity (Wildman–Crippen MR) is 140 cm³/mol. The summed E-state index contributed by atoms with van der Waals surface area (Å²) in [6.45, 7) is 1.68. The second kappa shape index (κ2) is 9.60. The lowest BCUT2D eigenvalue weighted by Gasteiger charge is -2.32. The number of nitrogens with one attached hydrogen (secondary N) is 1. The third kappa shape index (κ3) is 4.99. The zero-order valence-electron chi connectivity index (χ0n) is 20.2. The van der Waals surface area contributed by atoms with E-state index in [1.807, 2.05) is 12.1 Å². The fourth-order valence-electron chi connectivity index (χ4n) is 4.38. The number of fused-ring (bicyclic) bond motifs is 2. The Hall–Kier alpha value is -4.18. The Kier molecular flexibility index (Phi) is 6.44. The summed E-state index contributed by atoms with van der Waals surface area (Å²) in [5.41, 5.74) is 1.62. The molecular formula is C28H22F3N3O3S. The molecule has 1 aromatic heterocycles. The number of hydrogen-bond donors (Lipinski definition) is 1. The summed E-state index contributed by atoms with van der Waals surface area (Å²) in [5, 5.41) is 3.66. The van der Waals surface area contributed by atoms with Crippen molar-refractivity contribution in [3.63, 3.8) is 0 Å². The number of anilines is 2. The Labute approximate surface area is 217 Å². The van der Waals surface area contributed by atoms with E-state index in [-0.39, 0.29) is 29.1 Å². The van der Waals surface area contributed by atoms with Crippen molar-refractivity contribution in [2.24, 2.45) is 0 Å². The van der Waals surface area contributed by atoms with Crippen LogP contribution in [-0.2, 0) is 21.0 Å². The number of nitrogens with zero attached hydrogens (tertiary/aromatic N) is 2. The molecule has 0 radical (unpaired) electrons. The highest BCUT2D eigenvalue weighted by Gasteiger charge is 2.36. The molecule has 194 valence electrons. The van der Waals surface area contributed by atoms with Gasteiger partial charge in [0.15, 0.2) is 0 Å². The average Bonchev–Trinajstić information content (AvgIpc) is 2.88. The van der Waals surface area contributed by atoms with Gasteiger partial charge in [0.25, 0.3) is 10.0 Å². The zero-order chi connectivity index (χ0) is 27.1. The van der Waals surface area contributed by atoms with Crippen LogP contribution in [-0.4, -0.2) is 25.9 Å². The zero-order valence-corrected chi connectivity index (χ0v) is 21.0. The molecular weight excluding hydrogens is 515 g/mol.